The van der Waals surface area contributed by atoms with Gasteiger partial charge in [-0.2, -0.15) is 0 Å². The number of nitrogens with one attached hydrogen (secondary N) is 1. The fourth-order valence-corrected chi connectivity index (χ4v) is 2.97. The Balaban J connectivity index is 1.71. The summed E-state index contributed by atoms with van der Waals surface area (Å²) in [4.78, 5) is 26.4. The van der Waals surface area contributed by atoms with E-state index in [1.54, 1.807) is 35.7 Å². The van der Waals surface area contributed by atoms with E-state index in [0.717, 1.165) is 22.2 Å². The molecule has 20 heavy (non-hydrogen) atoms. The van der Waals surface area contributed by atoms with Crippen molar-refractivity contribution in [1.29, 1.82) is 0 Å². The molecule has 3 heterocycles. The quantitative estimate of drug-likeness (QED) is 0.794. The number of aryl methyl sites for hydroxylation is 1. The van der Waals surface area contributed by atoms with Crippen molar-refractivity contribution in [2.24, 2.45) is 0 Å². The van der Waals surface area contributed by atoms with Crippen molar-refractivity contribution in [2.45, 2.75) is 19.9 Å². The predicted octanol–water partition coefficient (Wildman–Crippen LogP) is 1.63. The van der Waals surface area contributed by atoms with Gasteiger partial charge in [-0.15, -0.1) is 11.3 Å². The summed E-state index contributed by atoms with van der Waals surface area (Å²) in [5, 5.41) is 1.99. The van der Waals surface area contributed by atoms with Gasteiger partial charge in [-0.3, -0.25) is 9.20 Å². The monoisotopic (exact) mass is 289 g/mol. The minimum atomic E-state index is 0.0625. The normalized spacial score (nSPS) is 11.1. The number of aromatic nitrogens is 4. The van der Waals surface area contributed by atoms with Gasteiger partial charge in [0.15, 0.2) is 4.96 Å². The first kappa shape index (κ1) is 12.9. The number of fused-ring (bicyclic) bond motifs is 1. The zero-order valence-corrected chi connectivity index (χ0v) is 12.1. The van der Waals surface area contributed by atoms with Crippen LogP contribution in [-0.4, -0.2) is 37.2 Å². The second kappa shape index (κ2) is 5.09. The van der Waals surface area contributed by atoms with Crippen molar-refractivity contribution in [3.8, 4) is 0 Å². The molecule has 0 aliphatic heterocycles. The molecule has 0 aliphatic rings. The van der Waals surface area contributed by atoms with Crippen LogP contribution in [0.3, 0.4) is 0 Å². The summed E-state index contributed by atoms with van der Waals surface area (Å²) in [6.07, 6.45) is 5.77. The zero-order valence-electron chi connectivity index (χ0n) is 11.3. The molecule has 0 radical (unpaired) electrons. The Morgan fingerprint density at radius 1 is 1.55 bits per heavy atom. The summed E-state index contributed by atoms with van der Waals surface area (Å²) < 4.78 is 1.98. The number of thiazole rings is 1. The fourth-order valence-electron chi connectivity index (χ4n) is 2.06. The number of imidazole rings is 2. The molecule has 6 nitrogen and oxygen atoms in total. The van der Waals surface area contributed by atoms with E-state index in [-0.39, 0.29) is 5.91 Å². The second-order valence-electron chi connectivity index (χ2n) is 4.72. The summed E-state index contributed by atoms with van der Waals surface area (Å²) in [7, 11) is 1.79. The Hall–Kier alpha value is -2.15. The summed E-state index contributed by atoms with van der Waals surface area (Å²) in [5.41, 5.74) is 1.94. The molecule has 0 bridgehead atoms. The molecule has 3 rings (SSSR count). The number of aromatic amines is 1. The van der Waals surface area contributed by atoms with E-state index < -0.39 is 0 Å². The van der Waals surface area contributed by atoms with Gasteiger partial charge in [0.05, 0.1) is 18.7 Å². The van der Waals surface area contributed by atoms with E-state index in [1.807, 2.05) is 22.9 Å². The molecule has 0 fully saturated rings. The predicted molar refractivity (Wildman–Crippen MR) is 76.6 cm³/mol. The highest BCUT2D eigenvalue weighted by molar-refractivity contribution is 7.15. The van der Waals surface area contributed by atoms with Crippen LogP contribution >= 0.6 is 11.3 Å². The number of carbonyl (C=O) groups is 1. The standard InChI is InChI=1S/C13H15N5OS/c1-9-6-18-10(8-20-13(18)16-9)5-12(19)17(2)7-11-14-3-4-15-11/h3-4,6,8H,5,7H2,1-2H3,(H,14,15). The Kier molecular flexibility index (Phi) is 3.27. The van der Waals surface area contributed by atoms with Crippen LogP contribution < -0.4 is 0 Å². The minimum absolute atomic E-state index is 0.0625. The highest BCUT2D eigenvalue weighted by atomic mass is 32.1. The van der Waals surface area contributed by atoms with E-state index in [0.29, 0.717) is 13.0 Å². The molecule has 0 unspecified atom stereocenters. The van der Waals surface area contributed by atoms with Crippen LogP contribution in [0.5, 0.6) is 0 Å². The summed E-state index contributed by atoms with van der Waals surface area (Å²) in [6, 6.07) is 0. The number of nitrogens with zero attached hydrogens (tertiary/aromatic N) is 4. The smallest absolute Gasteiger partial charge is 0.228 e. The topological polar surface area (TPSA) is 66.3 Å². The molecule has 104 valence electrons. The molecule has 1 amide bonds. The van der Waals surface area contributed by atoms with Crippen LogP contribution in [0, 0.1) is 6.92 Å². The highest BCUT2D eigenvalue weighted by Crippen LogP contribution is 2.17. The van der Waals surface area contributed by atoms with Gasteiger partial charge < -0.3 is 9.88 Å². The fraction of sp³-hybridized carbons (Fsp3) is 0.308. The molecule has 0 atom stereocenters. The lowest BCUT2D eigenvalue weighted by Crippen LogP contribution is -2.28. The summed E-state index contributed by atoms with van der Waals surface area (Å²) in [6.45, 7) is 2.44. The van der Waals surface area contributed by atoms with Gasteiger partial charge in [0, 0.05) is 36.7 Å². The van der Waals surface area contributed by atoms with Gasteiger partial charge in [-0.1, -0.05) is 0 Å². The van der Waals surface area contributed by atoms with Gasteiger partial charge >= 0.3 is 0 Å². The van der Waals surface area contributed by atoms with Crippen LogP contribution in [0.1, 0.15) is 17.2 Å². The summed E-state index contributed by atoms with van der Waals surface area (Å²) >= 11 is 1.56. The third-order valence-electron chi connectivity index (χ3n) is 3.10. The average Bonchev–Trinajstić information content (AvgIpc) is 3.09. The van der Waals surface area contributed by atoms with E-state index in [2.05, 4.69) is 15.0 Å². The molecule has 0 spiro atoms. The average molecular weight is 289 g/mol. The van der Waals surface area contributed by atoms with Crippen molar-refractivity contribution in [3.63, 3.8) is 0 Å². The van der Waals surface area contributed by atoms with Crippen LogP contribution in [0.2, 0.25) is 0 Å². The number of likely N-dealkylation sites (N-methyl/N-ethyl adjacent to an activating group) is 1. The van der Waals surface area contributed by atoms with E-state index >= 15 is 0 Å². The zero-order chi connectivity index (χ0) is 14.1. The first-order valence-corrected chi connectivity index (χ1v) is 7.16. The number of H-pyrrole nitrogens is 1. The first-order valence-electron chi connectivity index (χ1n) is 6.28. The largest absolute Gasteiger partial charge is 0.347 e. The third kappa shape index (κ3) is 2.44. The summed E-state index contributed by atoms with van der Waals surface area (Å²) in [5.74, 6) is 0.849. The molecule has 0 saturated heterocycles. The molecule has 1 N–H and O–H groups in total. The molecule has 3 aromatic heterocycles. The maximum absolute atomic E-state index is 12.2. The molecule has 7 heteroatoms. The third-order valence-corrected chi connectivity index (χ3v) is 3.99. The lowest BCUT2D eigenvalue weighted by Gasteiger charge is -2.15. The van der Waals surface area contributed by atoms with Gasteiger partial charge in [0.1, 0.15) is 5.82 Å². The van der Waals surface area contributed by atoms with Gasteiger partial charge in [-0.05, 0) is 6.92 Å². The molecule has 0 aromatic carbocycles. The lowest BCUT2D eigenvalue weighted by molar-refractivity contribution is -0.129. The SMILES string of the molecule is Cc1cn2c(CC(=O)N(C)Cc3ncc[nH]3)csc2n1. The Morgan fingerprint density at radius 3 is 3.15 bits per heavy atom. The van der Waals surface area contributed by atoms with Gasteiger partial charge in [-0.25, -0.2) is 9.97 Å². The van der Waals surface area contributed by atoms with Crippen molar-refractivity contribution in [2.75, 3.05) is 7.05 Å². The maximum atomic E-state index is 12.2. The van der Waals surface area contributed by atoms with Crippen molar-refractivity contribution >= 4 is 22.2 Å². The number of carbonyl (C=O) groups excluding carboxylic acids is 1. The molecular weight excluding hydrogens is 274 g/mol. The highest BCUT2D eigenvalue weighted by Gasteiger charge is 2.14. The van der Waals surface area contributed by atoms with Crippen LogP contribution in [0.4, 0.5) is 0 Å². The Bertz CT molecular complexity index is 727. The van der Waals surface area contributed by atoms with Crippen LogP contribution in [0.25, 0.3) is 4.96 Å². The van der Waals surface area contributed by atoms with Crippen LogP contribution in [0.15, 0.2) is 24.0 Å². The minimum Gasteiger partial charge on any atom is -0.347 e. The Morgan fingerprint density at radius 2 is 2.40 bits per heavy atom. The van der Waals surface area contributed by atoms with Crippen LogP contribution in [-0.2, 0) is 17.8 Å². The van der Waals surface area contributed by atoms with Gasteiger partial charge in [0.2, 0.25) is 5.91 Å². The van der Waals surface area contributed by atoms with E-state index in [4.69, 9.17) is 0 Å². The molecular formula is C13H15N5OS. The first-order chi connectivity index (χ1) is 9.63. The van der Waals surface area contributed by atoms with E-state index in [9.17, 15) is 4.79 Å². The lowest BCUT2D eigenvalue weighted by atomic mass is 10.3. The van der Waals surface area contributed by atoms with Gasteiger partial charge in [0.25, 0.3) is 0 Å². The number of rotatable bonds is 4. The number of amides is 1. The Labute approximate surface area is 120 Å². The molecule has 0 saturated carbocycles. The second-order valence-corrected chi connectivity index (χ2v) is 5.56. The molecule has 3 aromatic rings. The molecule has 0 aliphatic carbocycles. The maximum Gasteiger partial charge on any atom is 0.228 e. The van der Waals surface area contributed by atoms with E-state index in [1.165, 1.54) is 0 Å². The number of hydrogen-bond acceptors (Lipinski definition) is 4. The van der Waals surface area contributed by atoms with Crippen molar-refractivity contribution < 1.29 is 4.79 Å². The van der Waals surface area contributed by atoms with Crippen molar-refractivity contribution in [3.05, 3.63) is 41.2 Å². The van der Waals surface area contributed by atoms with Crippen molar-refractivity contribution in [1.82, 2.24) is 24.3 Å². The number of hydrogen-bond donors (Lipinski definition) is 1.